The molecule has 0 bridgehead atoms. The standard InChI is InChI=1S/C24H28F2N2O5S/c1-17-5-9-20(10-6-17)34(30,31)27-15-19-4-3-13-28(16-19)23(29)12-8-18-7-11-21(33-24(25)26)22(14-18)32-2/h5-12,14,19,24,27H,3-4,13,15-16H2,1-2H3/b12-8+. The molecule has 34 heavy (non-hydrogen) atoms. The van der Waals surface area contributed by atoms with Crippen molar-refractivity contribution in [2.24, 2.45) is 5.92 Å². The summed E-state index contributed by atoms with van der Waals surface area (Å²) in [5, 5.41) is 0. The van der Waals surface area contributed by atoms with Gasteiger partial charge in [-0.1, -0.05) is 23.8 Å². The number of nitrogens with one attached hydrogen (secondary N) is 1. The highest BCUT2D eigenvalue weighted by molar-refractivity contribution is 7.89. The molecular formula is C24H28F2N2O5S. The highest BCUT2D eigenvalue weighted by atomic mass is 32.2. The number of sulfonamides is 1. The summed E-state index contributed by atoms with van der Waals surface area (Å²) in [5.41, 5.74) is 1.57. The second-order valence-electron chi connectivity index (χ2n) is 8.08. The normalized spacial score (nSPS) is 16.7. The average molecular weight is 495 g/mol. The lowest BCUT2D eigenvalue weighted by molar-refractivity contribution is -0.127. The maximum atomic E-state index is 12.7. The molecule has 1 N–H and O–H groups in total. The number of hydrogen-bond acceptors (Lipinski definition) is 5. The Balaban J connectivity index is 1.57. The van der Waals surface area contributed by atoms with Gasteiger partial charge in [-0.2, -0.15) is 8.78 Å². The minimum absolute atomic E-state index is 0.00260. The Morgan fingerprint density at radius 2 is 1.94 bits per heavy atom. The van der Waals surface area contributed by atoms with Crippen molar-refractivity contribution >= 4 is 22.0 Å². The molecule has 0 spiro atoms. The third-order valence-corrected chi connectivity index (χ3v) is 6.99. The summed E-state index contributed by atoms with van der Waals surface area (Å²) in [4.78, 5) is 14.6. The molecule has 2 aromatic rings. The van der Waals surface area contributed by atoms with E-state index in [4.69, 9.17) is 4.74 Å². The third kappa shape index (κ3) is 7.01. The van der Waals surface area contributed by atoms with Crippen molar-refractivity contribution in [3.05, 3.63) is 59.7 Å². The molecule has 3 rings (SSSR count). The lowest BCUT2D eigenvalue weighted by atomic mass is 9.98. The van der Waals surface area contributed by atoms with Gasteiger partial charge in [0.2, 0.25) is 15.9 Å². The molecule has 10 heteroatoms. The average Bonchev–Trinajstić information content (AvgIpc) is 2.82. The van der Waals surface area contributed by atoms with E-state index >= 15 is 0 Å². The van der Waals surface area contributed by atoms with Crippen molar-refractivity contribution in [2.75, 3.05) is 26.7 Å². The van der Waals surface area contributed by atoms with E-state index in [0.717, 1.165) is 18.4 Å². The van der Waals surface area contributed by atoms with E-state index in [2.05, 4.69) is 9.46 Å². The van der Waals surface area contributed by atoms with E-state index in [-0.39, 0.29) is 34.8 Å². The zero-order valence-electron chi connectivity index (χ0n) is 19.0. The number of hydrogen-bond donors (Lipinski definition) is 1. The predicted molar refractivity (Wildman–Crippen MR) is 124 cm³/mol. The van der Waals surface area contributed by atoms with E-state index in [1.54, 1.807) is 41.3 Å². The molecule has 0 radical (unpaired) electrons. The molecule has 1 fully saturated rings. The van der Waals surface area contributed by atoms with E-state index in [1.807, 2.05) is 6.92 Å². The lowest BCUT2D eigenvalue weighted by Gasteiger charge is -2.32. The lowest BCUT2D eigenvalue weighted by Crippen LogP contribution is -2.43. The van der Waals surface area contributed by atoms with Crippen LogP contribution in [-0.4, -0.2) is 52.6 Å². The number of rotatable bonds is 9. The number of nitrogens with zero attached hydrogens (tertiary/aromatic N) is 1. The summed E-state index contributed by atoms with van der Waals surface area (Å²) < 4.78 is 62.1. The molecule has 1 heterocycles. The van der Waals surface area contributed by atoms with Crippen molar-refractivity contribution in [3.8, 4) is 11.5 Å². The van der Waals surface area contributed by atoms with Gasteiger partial charge in [-0.3, -0.25) is 4.79 Å². The largest absolute Gasteiger partial charge is 0.493 e. The molecule has 2 aromatic carbocycles. The summed E-state index contributed by atoms with van der Waals surface area (Å²) in [6.45, 7) is 0.176. The Morgan fingerprint density at radius 3 is 2.62 bits per heavy atom. The topological polar surface area (TPSA) is 84.9 Å². The fourth-order valence-corrected chi connectivity index (χ4v) is 4.83. The molecule has 7 nitrogen and oxygen atoms in total. The number of amides is 1. The third-order valence-electron chi connectivity index (χ3n) is 5.55. The van der Waals surface area contributed by atoms with Gasteiger partial charge in [0.25, 0.3) is 0 Å². The van der Waals surface area contributed by atoms with Gasteiger partial charge in [-0.05, 0) is 61.6 Å². The van der Waals surface area contributed by atoms with Crippen LogP contribution >= 0.6 is 0 Å². The van der Waals surface area contributed by atoms with Crippen molar-refractivity contribution in [1.82, 2.24) is 9.62 Å². The number of halogens is 2. The van der Waals surface area contributed by atoms with E-state index < -0.39 is 16.6 Å². The number of carbonyl (C=O) groups excluding carboxylic acids is 1. The van der Waals surface area contributed by atoms with Gasteiger partial charge in [0.15, 0.2) is 11.5 Å². The van der Waals surface area contributed by atoms with Crippen LogP contribution in [0, 0.1) is 12.8 Å². The number of piperidine rings is 1. The SMILES string of the molecule is COc1cc(/C=C/C(=O)N2CCCC(CNS(=O)(=O)c3ccc(C)cc3)C2)ccc1OC(F)F. The van der Waals surface area contributed by atoms with Gasteiger partial charge in [0.05, 0.1) is 12.0 Å². The first-order chi connectivity index (χ1) is 16.2. The first kappa shape index (κ1) is 25.6. The molecular weight excluding hydrogens is 466 g/mol. The van der Waals surface area contributed by atoms with E-state index in [9.17, 15) is 22.0 Å². The number of benzene rings is 2. The Morgan fingerprint density at radius 1 is 1.21 bits per heavy atom. The second-order valence-corrected chi connectivity index (χ2v) is 9.85. The van der Waals surface area contributed by atoms with Crippen LogP contribution < -0.4 is 14.2 Å². The number of methoxy groups -OCH3 is 1. The van der Waals surface area contributed by atoms with Gasteiger partial charge in [0.1, 0.15) is 0 Å². The summed E-state index contributed by atoms with van der Waals surface area (Å²) in [5.74, 6) is -0.170. The van der Waals surface area contributed by atoms with Crippen LogP contribution in [0.25, 0.3) is 6.08 Å². The van der Waals surface area contributed by atoms with Crippen molar-refractivity contribution in [3.63, 3.8) is 0 Å². The summed E-state index contributed by atoms with van der Waals surface area (Å²) >= 11 is 0. The van der Waals surface area contributed by atoms with Crippen LogP contribution in [0.5, 0.6) is 11.5 Å². The van der Waals surface area contributed by atoms with Crippen molar-refractivity contribution in [1.29, 1.82) is 0 Å². The van der Waals surface area contributed by atoms with E-state index in [0.29, 0.717) is 18.7 Å². The second kappa shape index (κ2) is 11.4. The van der Waals surface area contributed by atoms with Gasteiger partial charge in [-0.15, -0.1) is 0 Å². The minimum atomic E-state index is -3.61. The number of ether oxygens (including phenoxy) is 2. The fourth-order valence-electron chi connectivity index (χ4n) is 3.71. The quantitative estimate of drug-likeness (QED) is 0.536. The zero-order valence-corrected chi connectivity index (χ0v) is 19.9. The first-order valence-electron chi connectivity index (χ1n) is 10.8. The van der Waals surface area contributed by atoms with Crippen LogP contribution in [0.4, 0.5) is 8.78 Å². The van der Waals surface area contributed by atoms with Crippen LogP contribution in [0.3, 0.4) is 0 Å². The van der Waals surface area contributed by atoms with Gasteiger partial charge < -0.3 is 14.4 Å². The van der Waals surface area contributed by atoms with Crippen molar-refractivity contribution in [2.45, 2.75) is 31.3 Å². The van der Waals surface area contributed by atoms with Gasteiger partial charge >= 0.3 is 6.61 Å². The maximum Gasteiger partial charge on any atom is 0.387 e. The maximum absolute atomic E-state index is 12.7. The van der Waals surface area contributed by atoms with Gasteiger partial charge in [0, 0.05) is 25.7 Å². The van der Waals surface area contributed by atoms with Crippen LogP contribution in [-0.2, 0) is 14.8 Å². The van der Waals surface area contributed by atoms with Crippen molar-refractivity contribution < 1.29 is 31.5 Å². The summed E-state index contributed by atoms with van der Waals surface area (Å²) in [6, 6.07) is 11.0. The number of aryl methyl sites for hydroxylation is 1. The Labute approximate surface area is 198 Å². The molecule has 1 aliphatic rings. The molecule has 1 unspecified atom stereocenters. The molecule has 1 atom stereocenters. The number of carbonyl (C=O) groups is 1. The monoisotopic (exact) mass is 494 g/mol. The minimum Gasteiger partial charge on any atom is -0.493 e. The molecule has 0 aromatic heterocycles. The van der Waals surface area contributed by atoms with Crippen LogP contribution in [0.2, 0.25) is 0 Å². The summed E-state index contributed by atoms with van der Waals surface area (Å²) in [7, 11) is -2.27. The Kier molecular flexibility index (Phi) is 8.62. The molecule has 1 amide bonds. The first-order valence-corrected chi connectivity index (χ1v) is 12.3. The molecule has 1 saturated heterocycles. The van der Waals surface area contributed by atoms with E-state index in [1.165, 1.54) is 25.3 Å². The molecule has 0 aliphatic carbocycles. The molecule has 1 aliphatic heterocycles. The zero-order chi connectivity index (χ0) is 24.7. The Bertz CT molecular complexity index is 1120. The predicted octanol–water partition coefficient (Wildman–Crippen LogP) is 3.84. The number of alkyl halides is 2. The highest BCUT2D eigenvalue weighted by Crippen LogP contribution is 2.30. The molecule has 184 valence electrons. The molecule has 0 saturated carbocycles. The summed E-state index contributed by atoms with van der Waals surface area (Å²) in [6.07, 6.45) is 4.55. The van der Waals surface area contributed by atoms with Gasteiger partial charge in [-0.25, -0.2) is 13.1 Å². The fraction of sp³-hybridized carbons (Fsp3) is 0.375. The highest BCUT2D eigenvalue weighted by Gasteiger charge is 2.24. The van der Waals surface area contributed by atoms with Crippen LogP contribution in [0.1, 0.15) is 24.0 Å². The van der Waals surface area contributed by atoms with Crippen LogP contribution in [0.15, 0.2) is 53.4 Å². The Hall–Kier alpha value is -2.98. The number of likely N-dealkylation sites (tertiary alicyclic amines) is 1. The smallest absolute Gasteiger partial charge is 0.387 e.